The zero-order valence-electron chi connectivity index (χ0n) is 12.6. The van der Waals surface area contributed by atoms with Crippen molar-refractivity contribution in [1.82, 2.24) is 10.2 Å². The molecule has 0 spiro atoms. The summed E-state index contributed by atoms with van der Waals surface area (Å²) < 4.78 is 5.28. The Hall–Kier alpha value is -1.55. The van der Waals surface area contributed by atoms with Crippen LogP contribution in [0.15, 0.2) is 24.3 Å². The minimum atomic E-state index is 0.0513. The van der Waals surface area contributed by atoms with E-state index in [1.54, 1.807) is 7.11 Å². The molecule has 0 aromatic heterocycles. The number of rotatable bonds is 4. The van der Waals surface area contributed by atoms with Gasteiger partial charge in [-0.1, -0.05) is 12.1 Å². The molecule has 0 atom stereocenters. The average molecular weight is 276 g/mol. The second-order valence-corrected chi connectivity index (χ2v) is 5.41. The zero-order valence-corrected chi connectivity index (χ0v) is 12.6. The number of amides is 1. The van der Waals surface area contributed by atoms with Crippen molar-refractivity contribution in [2.45, 2.75) is 37.8 Å². The van der Waals surface area contributed by atoms with E-state index in [0.29, 0.717) is 23.4 Å². The summed E-state index contributed by atoms with van der Waals surface area (Å²) in [7, 11) is 5.51. The van der Waals surface area contributed by atoms with Crippen LogP contribution in [-0.2, 0) is 0 Å². The van der Waals surface area contributed by atoms with Crippen molar-refractivity contribution >= 4 is 5.91 Å². The average Bonchev–Trinajstić information content (AvgIpc) is 2.53. The smallest absolute Gasteiger partial charge is 0.257 e. The van der Waals surface area contributed by atoms with Gasteiger partial charge in [0.2, 0.25) is 0 Å². The number of hydrogen-bond acceptors (Lipinski definition) is 3. The minimum absolute atomic E-state index is 0.0513. The molecule has 0 saturated heterocycles. The van der Waals surface area contributed by atoms with E-state index in [2.05, 4.69) is 5.32 Å². The SMILES string of the molecule is CNC1CCC(N(C)C(=O)c2ccccc2OC)CC1. The molecule has 1 N–H and O–H groups in total. The Labute approximate surface area is 121 Å². The Bertz CT molecular complexity index is 454. The maximum Gasteiger partial charge on any atom is 0.257 e. The van der Waals surface area contributed by atoms with Crippen LogP contribution in [0.3, 0.4) is 0 Å². The van der Waals surface area contributed by atoms with Gasteiger partial charge in [0.25, 0.3) is 5.91 Å². The van der Waals surface area contributed by atoms with E-state index in [-0.39, 0.29) is 5.91 Å². The Morgan fingerprint density at radius 3 is 2.50 bits per heavy atom. The predicted molar refractivity (Wildman–Crippen MR) is 80.2 cm³/mol. The molecule has 4 nitrogen and oxygen atoms in total. The van der Waals surface area contributed by atoms with Crippen LogP contribution in [0.5, 0.6) is 5.75 Å². The Morgan fingerprint density at radius 1 is 1.25 bits per heavy atom. The Balaban J connectivity index is 2.05. The summed E-state index contributed by atoms with van der Waals surface area (Å²) >= 11 is 0. The number of nitrogens with zero attached hydrogens (tertiary/aromatic N) is 1. The van der Waals surface area contributed by atoms with Crippen LogP contribution in [0.1, 0.15) is 36.0 Å². The summed E-state index contributed by atoms with van der Waals surface area (Å²) in [6, 6.07) is 8.35. The monoisotopic (exact) mass is 276 g/mol. The van der Waals surface area contributed by atoms with Gasteiger partial charge in [0, 0.05) is 19.1 Å². The molecule has 0 radical (unpaired) electrons. The molecule has 2 rings (SSSR count). The normalized spacial score (nSPS) is 22.4. The highest BCUT2D eigenvalue weighted by atomic mass is 16.5. The molecule has 1 aromatic rings. The van der Waals surface area contributed by atoms with Crippen molar-refractivity contribution < 1.29 is 9.53 Å². The van der Waals surface area contributed by atoms with Gasteiger partial charge in [0.1, 0.15) is 5.75 Å². The molecule has 1 aromatic carbocycles. The van der Waals surface area contributed by atoms with Gasteiger partial charge in [0.05, 0.1) is 12.7 Å². The fraction of sp³-hybridized carbons (Fsp3) is 0.562. The lowest BCUT2D eigenvalue weighted by Crippen LogP contribution is -2.42. The van der Waals surface area contributed by atoms with Crippen molar-refractivity contribution in [1.29, 1.82) is 0 Å². The van der Waals surface area contributed by atoms with Crippen LogP contribution >= 0.6 is 0 Å². The molecule has 0 unspecified atom stereocenters. The molecular weight excluding hydrogens is 252 g/mol. The summed E-state index contributed by atoms with van der Waals surface area (Å²) in [6.45, 7) is 0. The number of methoxy groups -OCH3 is 1. The van der Waals surface area contributed by atoms with Crippen molar-refractivity contribution in [3.8, 4) is 5.75 Å². The molecule has 0 heterocycles. The number of nitrogens with one attached hydrogen (secondary N) is 1. The van der Waals surface area contributed by atoms with Gasteiger partial charge in [-0.2, -0.15) is 0 Å². The predicted octanol–water partition coefficient (Wildman–Crippen LogP) is 2.30. The second kappa shape index (κ2) is 6.75. The maximum absolute atomic E-state index is 12.6. The van der Waals surface area contributed by atoms with E-state index in [1.807, 2.05) is 43.3 Å². The van der Waals surface area contributed by atoms with Gasteiger partial charge in [-0.15, -0.1) is 0 Å². The summed E-state index contributed by atoms with van der Waals surface area (Å²) in [5, 5.41) is 3.32. The Kier molecular flexibility index (Phi) is 5.01. The second-order valence-electron chi connectivity index (χ2n) is 5.41. The van der Waals surface area contributed by atoms with Crippen molar-refractivity contribution in [3.05, 3.63) is 29.8 Å². The van der Waals surface area contributed by atoms with Crippen molar-refractivity contribution in [3.63, 3.8) is 0 Å². The van der Waals surface area contributed by atoms with Crippen molar-refractivity contribution in [2.24, 2.45) is 0 Å². The summed E-state index contributed by atoms with van der Waals surface area (Å²) in [4.78, 5) is 14.5. The fourth-order valence-electron chi connectivity index (χ4n) is 2.93. The minimum Gasteiger partial charge on any atom is -0.496 e. The van der Waals surface area contributed by atoms with Gasteiger partial charge < -0.3 is 15.0 Å². The first-order valence-electron chi connectivity index (χ1n) is 7.24. The number of hydrogen-bond donors (Lipinski definition) is 1. The topological polar surface area (TPSA) is 41.6 Å². The molecule has 0 bridgehead atoms. The maximum atomic E-state index is 12.6. The lowest BCUT2D eigenvalue weighted by atomic mass is 9.90. The highest BCUT2D eigenvalue weighted by Gasteiger charge is 2.27. The summed E-state index contributed by atoms with van der Waals surface area (Å²) in [6.07, 6.45) is 4.38. The van der Waals surface area contributed by atoms with Crippen LogP contribution in [0.4, 0.5) is 0 Å². The molecule has 1 saturated carbocycles. The Morgan fingerprint density at radius 2 is 1.90 bits per heavy atom. The summed E-state index contributed by atoms with van der Waals surface area (Å²) in [5.74, 6) is 0.698. The van der Waals surface area contributed by atoms with Gasteiger partial charge in [0.15, 0.2) is 0 Å². The first-order chi connectivity index (χ1) is 9.67. The molecule has 1 amide bonds. The molecule has 1 fully saturated rings. The van der Waals surface area contributed by atoms with E-state index in [9.17, 15) is 4.79 Å². The van der Waals surface area contributed by atoms with Crippen LogP contribution < -0.4 is 10.1 Å². The first-order valence-corrected chi connectivity index (χ1v) is 7.24. The van der Waals surface area contributed by atoms with Crippen LogP contribution in [0.25, 0.3) is 0 Å². The molecule has 1 aliphatic carbocycles. The van der Waals surface area contributed by atoms with Crippen molar-refractivity contribution in [2.75, 3.05) is 21.2 Å². The third-order valence-corrected chi connectivity index (χ3v) is 4.31. The molecule has 0 aliphatic heterocycles. The van der Waals surface area contributed by atoms with E-state index in [4.69, 9.17) is 4.74 Å². The highest BCUT2D eigenvalue weighted by molar-refractivity contribution is 5.97. The number of ether oxygens (including phenoxy) is 1. The largest absolute Gasteiger partial charge is 0.496 e. The lowest BCUT2D eigenvalue weighted by Gasteiger charge is -2.34. The van der Waals surface area contributed by atoms with Gasteiger partial charge >= 0.3 is 0 Å². The fourth-order valence-corrected chi connectivity index (χ4v) is 2.93. The van der Waals surface area contributed by atoms with Crippen LogP contribution in [0, 0.1) is 0 Å². The number of carbonyl (C=O) groups excluding carboxylic acids is 1. The molecule has 110 valence electrons. The first kappa shape index (κ1) is 14.9. The summed E-state index contributed by atoms with van der Waals surface area (Å²) in [5.41, 5.74) is 0.647. The lowest BCUT2D eigenvalue weighted by molar-refractivity contribution is 0.0682. The van der Waals surface area contributed by atoms with E-state index < -0.39 is 0 Å². The standard InChI is InChI=1S/C16H24N2O2/c1-17-12-8-10-13(11-9-12)18(2)16(19)14-6-4-5-7-15(14)20-3/h4-7,12-13,17H,8-11H2,1-3H3. The number of benzene rings is 1. The zero-order chi connectivity index (χ0) is 14.5. The van der Waals surface area contributed by atoms with Gasteiger partial charge in [-0.3, -0.25) is 4.79 Å². The van der Waals surface area contributed by atoms with E-state index >= 15 is 0 Å². The third-order valence-electron chi connectivity index (χ3n) is 4.31. The van der Waals surface area contributed by atoms with E-state index in [0.717, 1.165) is 25.7 Å². The molecular formula is C16H24N2O2. The highest BCUT2D eigenvalue weighted by Crippen LogP contribution is 2.25. The molecule has 1 aliphatic rings. The quantitative estimate of drug-likeness (QED) is 0.917. The van der Waals surface area contributed by atoms with Gasteiger partial charge in [-0.25, -0.2) is 0 Å². The number of carbonyl (C=O) groups is 1. The van der Waals surface area contributed by atoms with Gasteiger partial charge in [-0.05, 0) is 44.9 Å². The van der Waals surface area contributed by atoms with Crippen LogP contribution in [0.2, 0.25) is 0 Å². The number of para-hydroxylation sites is 1. The van der Waals surface area contributed by atoms with E-state index in [1.165, 1.54) is 0 Å². The van der Waals surface area contributed by atoms with Crippen LogP contribution in [-0.4, -0.2) is 44.1 Å². The molecule has 4 heteroatoms. The molecule has 20 heavy (non-hydrogen) atoms. The third kappa shape index (κ3) is 3.12.